The van der Waals surface area contributed by atoms with E-state index in [0.717, 1.165) is 7.57 Å². The van der Waals surface area contributed by atoms with E-state index in [-0.39, 0.29) is 18.2 Å². The number of ketones is 1. The number of thiophene rings is 1. The second-order valence-electron chi connectivity index (χ2n) is 3.86. The summed E-state index contributed by atoms with van der Waals surface area (Å²) in [4.78, 5) is 11.9. The number of ether oxygens (including phenoxy) is 1. The number of carbonyl (C=O) groups is 1. The van der Waals surface area contributed by atoms with Crippen molar-refractivity contribution in [3.8, 4) is 5.75 Å². The lowest BCUT2D eigenvalue weighted by molar-refractivity contribution is 0.0921. The highest BCUT2D eigenvalue weighted by Crippen LogP contribution is 2.32. The molecule has 0 aliphatic rings. The Morgan fingerprint density at radius 3 is 2.68 bits per heavy atom. The molecule has 19 heavy (non-hydrogen) atoms. The number of Topliss-reactive ketones (excluding diaryl/α,β-unsaturated/α-hetero) is 1. The van der Waals surface area contributed by atoms with Gasteiger partial charge >= 0.3 is 0 Å². The first-order chi connectivity index (χ1) is 8.97. The lowest BCUT2D eigenvalue weighted by atomic mass is 10.2. The molecule has 0 fully saturated rings. The SMILES string of the molecule is Cc1ccc(OCC(=O)c2cc(Br)sc2Br)cc1F. The third kappa shape index (κ3) is 3.64. The van der Waals surface area contributed by atoms with Crippen molar-refractivity contribution in [1.29, 1.82) is 0 Å². The molecule has 0 bridgehead atoms. The molecule has 2 aromatic rings. The average molecular weight is 408 g/mol. The molecule has 0 saturated carbocycles. The molecule has 0 saturated heterocycles. The van der Waals surface area contributed by atoms with Gasteiger partial charge in [0.25, 0.3) is 0 Å². The Labute approximate surface area is 130 Å². The van der Waals surface area contributed by atoms with E-state index in [1.807, 2.05) is 0 Å². The predicted molar refractivity (Wildman–Crippen MR) is 80.7 cm³/mol. The first kappa shape index (κ1) is 14.7. The van der Waals surface area contributed by atoms with Crippen molar-refractivity contribution < 1.29 is 13.9 Å². The Morgan fingerprint density at radius 2 is 2.11 bits per heavy atom. The highest BCUT2D eigenvalue weighted by atomic mass is 79.9. The van der Waals surface area contributed by atoms with Crippen molar-refractivity contribution in [1.82, 2.24) is 0 Å². The zero-order valence-corrected chi connectivity index (χ0v) is 13.9. The fourth-order valence-corrected chi connectivity index (χ4v) is 4.28. The third-order valence-electron chi connectivity index (χ3n) is 2.47. The maximum atomic E-state index is 13.3. The topological polar surface area (TPSA) is 26.3 Å². The summed E-state index contributed by atoms with van der Waals surface area (Å²) < 4.78 is 20.2. The summed E-state index contributed by atoms with van der Waals surface area (Å²) in [6.07, 6.45) is 0. The zero-order chi connectivity index (χ0) is 14.0. The Morgan fingerprint density at radius 1 is 1.37 bits per heavy atom. The summed E-state index contributed by atoms with van der Waals surface area (Å²) >= 11 is 8.05. The van der Waals surface area contributed by atoms with Crippen LogP contribution in [-0.2, 0) is 0 Å². The van der Waals surface area contributed by atoms with E-state index in [4.69, 9.17) is 4.74 Å². The molecule has 6 heteroatoms. The summed E-state index contributed by atoms with van der Waals surface area (Å²) in [6.45, 7) is 1.55. The molecule has 0 N–H and O–H groups in total. The number of hydrogen-bond donors (Lipinski definition) is 0. The van der Waals surface area contributed by atoms with Crippen LogP contribution in [0.2, 0.25) is 0 Å². The van der Waals surface area contributed by atoms with Crippen LogP contribution in [0, 0.1) is 12.7 Å². The molecule has 0 radical (unpaired) electrons. The highest BCUT2D eigenvalue weighted by molar-refractivity contribution is 9.12. The summed E-state index contributed by atoms with van der Waals surface area (Å²) in [6, 6.07) is 6.27. The third-order valence-corrected chi connectivity index (χ3v) is 4.81. The lowest BCUT2D eigenvalue weighted by Gasteiger charge is -2.06. The zero-order valence-electron chi connectivity index (χ0n) is 9.88. The van der Waals surface area contributed by atoms with Gasteiger partial charge in [0.05, 0.1) is 7.57 Å². The number of rotatable bonds is 4. The van der Waals surface area contributed by atoms with Crippen LogP contribution in [0.25, 0.3) is 0 Å². The van der Waals surface area contributed by atoms with E-state index in [1.165, 1.54) is 17.4 Å². The Balaban J connectivity index is 2.04. The van der Waals surface area contributed by atoms with Crippen molar-refractivity contribution in [3.63, 3.8) is 0 Å². The number of carbonyl (C=O) groups excluding carboxylic acids is 1. The van der Waals surface area contributed by atoms with Gasteiger partial charge < -0.3 is 4.74 Å². The van der Waals surface area contributed by atoms with Gasteiger partial charge in [-0.05, 0) is 56.5 Å². The Bertz CT molecular complexity index is 625. The van der Waals surface area contributed by atoms with Gasteiger partial charge in [-0.15, -0.1) is 11.3 Å². The maximum absolute atomic E-state index is 13.3. The van der Waals surface area contributed by atoms with Gasteiger partial charge in [0.1, 0.15) is 11.6 Å². The fraction of sp³-hybridized carbons (Fsp3) is 0.154. The second kappa shape index (κ2) is 6.15. The number of hydrogen-bond acceptors (Lipinski definition) is 3. The molecule has 1 aromatic carbocycles. The smallest absolute Gasteiger partial charge is 0.202 e. The molecule has 0 aliphatic carbocycles. The van der Waals surface area contributed by atoms with E-state index >= 15 is 0 Å². The van der Waals surface area contributed by atoms with Crippen molar-refractivity contribution in [2.24, 2.45) is 0 Å². The summed E-state index contributed by atoms with van der Waals surface area (Å²) in [5.74, 6) is -0.152. The fourth-order valence-electron chi connectivity index (χ4n) is 1.42. The normalized spacial score (nSPS) is 10.5. The van der Waals surface area contributed by atoms with Crippen LogP contribution in [0.5, 0.6) is 5.75 Å². The van der Waals surface area contributed by atoms with Crippen LogP contribution in [0.15, 0.2) is 31.8 Å². The van der Waals surface area contributed by atoms with E-state index in [9.17, 15) is 9.18 Å². The summed E-state index contributed by atoms with van der Waals surface area (Å²) in [7, 11) is 0. The van der Waals surface area contributed by atoms with Crippen molar-refractivity contribution in [2.45, 2.75) is 6.92 Å². The van der Waals surface area contributed by atoms with E-state index in [2.05, 4.69) is 31.9 Å². The second-order valence-corrected chi connectivity index (χ2v) is 7.61. The largest absolute Gasteiger partial charge is 0.485 e. The van der Waals surface area contributed by atoms with Gasteiger partial charge in [-0.2, -0.15) is 0 Å². The number of aryl methyl sites for hydroxylation is 1. The molecule has 0 atom stereocenters. The molecule has 1 aromatic heterocycles. The molecule has 0 unspecified atom stereocenters. The van der Waals surface area contributed by atoms with Crippen LogP contribution in [-0.4, -0.2) is 12.4 Å². The monoisotopic (exact) mass is 406 g/mol. The molecule has 0 amide bonds. The molecule has 2 rings (SSSR count). The van der Waals surface area contributed by atoms with Gasteiger partial charge in [-0.25, -0.2) is 4.39 Å². The Hall–Kier alpha value is -0.720. The van der Waals surface area contributed by atoms with Gasteiger partial charge in [0.2, 0.25) is 5.78 Å². The van der Waals surface area contributed by atoms with E-state index in [1.54, 1.807) is 25.1 Å². The van der Waals surface area contributed by atoms with Crippen molar-refractivity contribution in [3.05, 3.63) is 48.8 Å². The minimum Gasteiger partial charge on any atom is -0.485 e. The molecule has 0 aliphatic heterocycles. The van der Waals surface area contributed by atoms with Crippen LogP contribution < -0.4 is 4.74 Å². The van der Waals surface area contributed by atoms with Crippen molar-refractivity contribution in [2.75, 3.05) is 6.61 Å². The average Bonchev–Trinajstić information content (AvgIpc) is 2.70. The van der Waals surface area contributed by atoms with Crippen LogP contribution in [0.1, 0.15) is 15.9 Å². The van der Waals surface area contributed by atoms with Crippen LogP contribution >= 0.6 is 43.2 Å². The summed E-state index contributed by atoms with van der Waals surface area (Å²) in [5.41, 5.74) is 1.10. The van der Waals surface area contributed by atoms with Gasteiger partial charge in [0.15, 0.2) is 6.61 Å². The minimum atomic E-state index is -0.343. The Kier molecular flexibility index (Phi) is 4.76. The highest BCUT2D eigenvalue weighted by Gasteiger charge is 2.14. The van der Waals surface area contributed by atoms with Crippen LogP contribution in [0.3, 0.4) is 0 Å². The molecule has 1 heterocycles. The van der Waals surface area contributed by atoms with Crippen molar-refractivity contribution >= 4 is 49.0 Å². The molecule has 100 valence electrons. The predicted octanol–water partition coefficient (Wildman–Crippen LogP) is 4.98. The minimum absolute atomic E-state index is 0.121. The van der Waals surface area contributed by atoms with E-state index < -0.39 is 0 Å². The maximum Gasteiger partial charge on any atom is 0.202 e. The first-order valence-electron chi connectivity index (χ1n) is 5.34. The molecule has 2 nitrogen and oxygen atoms in total. The standard InChI is InChI=1S/C13H9Br2FO2S/c1-7-2-3-8(4-10(7)16)18-6-11(17)9-5-12(14)19-13(9)15/h2-5H,6H2,1H3. The summed E-state index contributed by atoms with van der Waals surface area (Å²) in [5, 5.41) is 0. The number of halogens is 3. The molecule has 0 spiro atoms. The van der Waals surface area contributed by atoms with Gasteiger partial charge in [-0.1, -0.05) is 6.07 Å². The van der Waals surface area contributed by atoms with Gasteiger partial charge in [0, 0.05) is 11.6 Å². The first-order valence-corrected chi connectivity index (χ1v) is 7.74. The number of benzene rings is 1. The molecular weight excluding hydrogens is 399 g/mol. The lowest BCUT2D eigenvalue weighted by Crippen LogP contribution is -2.11. The van der Waals surface area contributed by atoms with Crippen LogP contribution in [0.4, 0.5) is 4.39 Å². The quantitative estimate of drug-likeness (QED) is 0.668. The van der Waals surface area contributed by atoms with E-state index in [0.29, 0.717) is 16.9 Å². The van der Waals surface area contributed by atoms with Gasteiger partial charge in [-0.3, -0.25) is 4.79 Å². The molecular formula is C13H9Br2FO2S.